The maximum absolute atomic E-state index is 12.2. The molecule has 0 spiro atoms. The van der Waals surface area contributed by atoms with Crippen LogP contribution in [0.15, 0.2) is 35.3 Å². The standard InChI is InChI=1S/C15H20N2OS/c1-15(2,3)17(4)14-16-13(18)12(10-19-14)11-8-6-5-7-9-11/h5-9,12H,10H2,1-4H3. The van der Waals surface area contributed by atoms with Crippen molar-refractivity contribution >= 4 is 22.8 Å². The van der Waals surface area contributed by atoms with E-state index in [1.54, 1.807) is 11.8 Å². The highest BCUT2D eigenvalue weighted by Crippen LogP contribution is 2.30. The fourth-order valence-electron chi connectivity index (χ4n) is 1.82. The van der Waals surface area contributed by atoms with Gasteiger partial charge in [0, 0.05) is 18.3 Å². The van der Waals surface area contributed by atoms with Crippen LogP contribution in [0.2, 0.25) is 0 Å². The third-order valence-electron chi connectivity index (χ3n) is 3.38. The van der Waals surface area contributed by atoms with Crippen LogP contribution in [0.3, 0.4) is 0 Å². The summed E-state index contributed by atoms with van der Waals surface area (Å²) in [6.07, 6.45) is 0. The molecule has 0 aliphatic carbocycles. The second-order valence-corrected chi connectivity index (χ2v) is 6.72. The number of benzene rings is 1. The van der Waals surface area contributed by atoms with Gasteiger partial charge in [0.05, 0.1) is 5.92 Å². The van der Waals surface area contributed by atoms with Crippen molar-refractivity contribution in [1.82, 2.24) is 4.90 Å². The summed E-state index contributed by atoms with van der Waals surface area (Å²) in [5.74, 6) is 0.626. The summed E-state index contributed by atoms with van der Waals surface area (Å²) in [5.41, 5.74) is 1.03. The van der Waals surface area contributed by atoms with Crippen LogP contribution in [0.25, 0.3) is 0 Å². The smallest absolute Gasteiger partial charge is 0.256 e. The first-order valence-corrected chi connectivity index (χ1v) is 7.42. The molecule has 0 aromatic heterocycles. The molecule has 1 aliphatic rings. The van der Waals surface area contributed by atoms with E-state index in [0.29, 0.717) is 0 Å². The lowest BCUT2D eigenvalue weighted by Gasteiger charge is -2.36. The van der Waals surface area contributed by atoms with Crippen LogP contribution in [0.5, 0.6) is 0 Å². The lowest BCUT2D eigenvalue weighted by Crippen LogP contribution is -2.43. The molecule has 1 amide bonds. The van der Waals surface area contributed by atoms with E-state index in [1.807, 2.05) is 37.4 Å². The Morgan fingerprint density at radius 3 is 2.42 bits per heavy atom. The van der Waals surface area contributed by atoms with Gasteiger partial charge in [0.25, 0.3) is 5.91 Å². The minimum absolute atomic E-state index is 0.0221. The van der Waals surface area contributed by atoms with E-state index in [1.165, 1.54) is 0 Å². The van der Waals surface area contributed by atoms with Gasteiger partial charge in [0.2, 0.25) is 0 Å². The number of thioether (sulfide) groups is 1. The molecule has 0 radical (unpaired) electrons. The van der Waals surface area contributed by atoms with E-state index in [2.05, 4.69) is 30.7 Å². The summed E-state index contributed by atoms with van der Waals surface area (Å²) in [6, 6.07) is 9.89. The molecule has 1 heterocycles. The summed E-state index contributed by atoms with van der Waals surface area (Å²) in [6.45, 7) is 6.34. The minimum atomic E-state index is -0.108. The number of hydrogen-bond donors (Lipinski definition) is 0. The summed E-state index contributed by atoms with van der Waals surface area (Å²) < 4.78 is 0. The van der Waals surface area contributed by atoms with Gasteiger partial charge in [0.1, 0.15) is 0 Å². The maximum atomic E-state index is 12.2. The monoisotopic (exact) mass is 276 g/mol. The lowest BCUT2D eigenvalue weighted by atomic mass is 10.0. The molecule has 0 fully saturated rings. The van der Waals surface area contributed by atoms with Gasteiger partial charge in [-0.2, -0.15) is 4.99 Å². The third-order valence-corrected chi connectivity index (χ3v) is 4.50. The van der Waals surface area contributed by atoms with Crippen LogP contribution in [-0.4, -0.2) is 34.3 Å². The van der Waals surface area contributed by atoms with Gasteiger partial charge in [0.15, 0.2) is 5.17 Å². The van der Waals surface area contributed by atoms with E-state index in [0.717, 1.165) is 16.5 Å². The van der Waals surface area contributed by atoms with Crippen molar-refractivity contribution in [2.24, 2.45) is 4.99 Å². The van der Waals surface area contributed by atoms with Crippen LogP contribution < -0.4 is 0 Å². The van der Waals surface area contributed by atoms with Crippen molar-refractivity contribution in [1.29, 1.82) is 0 Å². The van der Waals surface area contributed by atoms with Crippen molar-refractivity contribution in [3.05, 3.63) is 35.9 Å². The number of amidine groups is 1. The lowest BCUT2D eigenvalue weighted by molar-refractivity contribution is -0.118. The van der Waals surface area contributed by atoms with Gasteiger partial charge < -0.3 is 4.90 Å². The Balaban J connectivity index is 2.18. The predicted molar refractivity (Wildman–Crippen MR) is 81.6 cm³/mol. The number of rotatable bonds is 1. The Morgan fingerprint density at radius 2 is 1.89 bits per heavy atom. The second-order valence-electron chi connectivity index (χ2n) is 5.74. The molecule has 1 aromatic carbocycles. The van der Waals surface area contributed by atoms with Crippen LogP contribution in [-0.2, 0) is 4.79 Å². The van der Waals surface area contributed by atoms with E-state index in [9.17, 15) is 4.79 Å². The molecule has 1 aromatic rings. The maximum Gasteiger partial charge on any atom is 0.256 e. The van der Waals surface area contributed by atoms with Gasteiger partial charge in [-0.25, -0.2) is 0 Å². The van der Waals surface area contributed by atoms with Crippen molar-refractivity contribution in [2.45, 2.75) is 32.2 Å². The van der Waals surface area contributed by atoms with Crippen LogP contribution in [0.1, 0.15) is 32.3 Å². The fraction of sp³-hybridized carbons (Fsp3) is 0.467. The van der Waals surface area contributed by atoms with Gasteiger partial charge in [-0.05, 0) is 26.3 Å². The highest BCUT2D eigenvalue weighted by molar-refractivity contribution is 8.13. The largest absolute Gasteiger partial charge is 0.349 e. The van der Waals surface area contributed by atoms with Crippen molar-refractivity contribution in [2.75, 3.05) is 12.8 Å². The Bertz CT molecular complexity index is 491. The Kier molecular flexibility index (Phi) is 3.99. The van der Waals surface area contributed by atoms with Gasteiger partial charge in [-0.3, -0.25) is 4.79 Å². The van der Waals surface area contributed by atoms with E-state index < -0.39 is 0 Å². The third kappa shape index (κ3) is 3.18. The molecule has 0 saturated carbocycles. The molecule has 0 saturated heterocycles. The molecular formula is C15H20N2OS. The zero-order valence-electron chi connectivity index (χ0n) is 11.9. The molecule has 19 heavy (non-hydrogen) atoms. The summed E-state index contributed by atoms with van der Waals surface area (Å²) in [7, 11) is 1.99. The first kappa shape index (κ1) is 14.1. The number of amides is 1. The Labute approximate surface area is 119 Å². The predicted octanol–water partition coefficient (Wildman–Crippen LogP) is 3.13. The molecule has 1 atom stereocenters. The highest BCUT2D eigenvalue weighted by Gasteiger charge is 2.30. The van der Waals surface area contributed by atoms with Gasteiger partial charge in [-0.1, -0.05) is 42.1 Å². The molecule has 1 aliphatic heterocycles. The van der Waals surface area contributed by atoms with Gasteiger partial charge in [-0.15, -0.1) is 0 Å². The van der Waals surface area contributed by atoms with Crippen LogP contribution in [0.4, 0.5) is 0 Å². The summed E-state index contributed by atoms with van der Waals surface area (Å²) in [4.78, 5) is 18.5. The molecule has 3 nitrogen and oxygen atoms in total. The second kappa shape index (κ2) is 5.37. The molecular weight excluding hydrogens is 256 g/mol. The summed E-state index contributed by atoms with van der Waals surface area (Å²) >= 11 is 1.66. The first-order chi connectivity index (χ1) is 8.89. The normalized spacial score (nSPS) is 20.1. The van der Waals surface area contributed by atoms with E-state index in [4.69, 9.17) is 0 Å². The Hall–Kier alpha value is -1.29. The first-order valence-electron chi connectivity index (χ1n) is 6.43. The SMILES string of the molecule is CN(C1=NC(=O)C(c2ccccc2)CS1)C(C)(C)C. The number of nitrogens with zero attached hydrogens (tertiary/aromatic N) is 2. The number of aliphatic imine (C=N–C) groups is 1. The fourth-order valence-corrected chi connectivity index (χ4v) is 3.09. The highest BCUT2D eigenvalue weighted by atomic mass is 32.2. The zero-order valence-corrected chi connectivity index (χ0v) is 12.7. The molecule has 0 bridgehead atoms. The van der Waals surface area contributed by atoms with Crippen molar-refractivity contribution < 1.29 is 4.79 Å². The molecule has 2 rings (SSSR count). The molecule has 1 unspecified atom stereocenters. The minimum Gasteiger partial charge on any atom is -0.349 e. The molecule has 4 heteroatoms. The average Bonchev–Trinajstić information content (AvgIpc) is 2.37. The molecule has 102 valence electrons. The van der Waals surface area contributed by atoms with Crippen molar-refractivity contribution in [3.63, 3.8) is 0 Å². The average molecular weight is 276 g/mol. The van der Waals surface area contributed by atoms with E-state index >= 15 is 0 Å². The van der Waals surface area contributed by atoms with Crippen LogP contribution >= 0.6 is 11.8 Å². The Morgan fingerprint density at radius 1 is 1.26 bits per heavy atom. The zero-order chi connectivity index (χ0) is 14.0. The number of carbonyl (C=O) groups excluding carboxylic acids is 1. The quantitative estimate of drug-likeness (QED) is 0.790. The van der Waals surface area contributed by atoms with Crippen molar-refractivity contribution in [3.8, 4) is 0 Å². The van der Waals surface area contributed by atoms with Crippen LogP contribution in [0, 0.1) is 0 Å². The number of carbonyl (C=O) groups is 1. The topological polar surface area (TPSA) is 32.7 Å². The van der Waals surface area contributed by atoms with E-state index in [-0.39, 0.29) is 17.4 Å². The van der Waals surface area contributed by atoms with Gasteiger partial charge >= 0.3 is 0 Å². The number of hydrogen-bond acceptors (Lipinski definition) is 3. The molecule has 0 N–H and O–H groups in total. The summed E-state index contributed by atoms with van der Waals surface area (Å²) in [5, 5.41) is 0.824.